The molecule has 0 radical (unpaired) electrons. The van der Waals surface area contributed by atoms with E-state index >= 15 is 0 Å². The Morgan fingerprint density at radius 2 is 2.18 bits per heavy atom. The number of aromatic nitrogens is 4. The maximum atomic E-state index is 11.6. The molecule has 2 atom stereocenters. The number of imidazole rings is 1. The largest absolute Gasteiger partial charge is 0.382 e. The lowest BCUT2D eigenvalue weighted by atomic mass is 10.2. The number of nitrogens with two attached hydrogens (primary N) is 1. The number of nitrogens with zero attached hydrogens (tertiary/aromatic N) is 5. The van der Waals surface area contributed by atoms with E-state index in [0.717, 1.165) is 45.2 Å². The highest BCUT2D eigenvalue weighted by atomic mass is 16.5. The molecule has 10 nitrogen and oxygen atoms in total. The van der Waals surface area contributed by atoms with E-state index in [1.165, 1.54) is 6.33 Å². The van der Waals surface area contributed by atoms with Crippen molar-refractivity contribution in [3.8, 4) is 0 Å². The number of nitrogens with one attached hydrogen (secondary N) is 2. The molecule has 4 N–H and O–H groups in total. The standard InChI is InChI=1S/C18H28N8O2/c1-25(8-2-7-20-18(27)24-12-3-4-12)9-13-5-6-14(28-13)26-11-23-15-16(19)21-10-22-17(15)26/h10-14H,2-9H2,1H3,(H2,19,21,22)(H2,20,24,27). The molecule has 2 amide bonds. The minimum Gasteiger partial charge on any atom is -0.382 e. The summed E-state index contributed by atoms with van der Waals surface area (Å²) in [4.78, 5) is 26.4. The summed E-state index contributed by atoms with van der Waals surface area (Å²) in [6.07, 6.45) is 8.28. The van der Waals surface area contributed by atoms with Crippen LogP contribution in [0.5, 0.6) is 0 Å². The van der Waals surface area contributed by atoms with E-state index in [1.807, 2.05) is 4.57 Å². The Bertz CT molecular complexity index is 821. The van der Waals surface area contributed by atoms with Gasteiger partial charge in [-0.25, -0.2) is 19.7 Å². The van der Waals surface area contributed by atoms with Crippen LogP contribution in [-0.4, -0.2) is 69.3 Å². The van der Waals surface area contributed by atoms with Crippen LogP contribution >= 0.6 is 0 Å². The molecule has 1 saturated heterocycles. The molecule has 2 aromatic heterocycles. The first-order valence-corrected chi connectivity index (χ1v) is 9.91. The summed E-state index contributed by atoms with van der Waals surface area (Å²) in [6.45, 7) is 2.44. The van der Waals surface area contributed by atoms with Gasteiger partial charge in [0.1, 0.15) is 18.1 Å². The SMILES string of the molecule is CN(CCCNC(=O)NC1CC1)CC1CCC(n2cnc3c(N)ncnc32)O1. The zero-order valence-electron chi connectivity index (χ0n) is 16.2. The van der Waals surface area contributed by atoms with Crippen LogP contribution in [0, 0.1) is 0 Å². The number of nitrogen functional groups attached to an aromatic ring is 1. The highest BCUT2D eigenvalue weighted by Crippen LogP contribution is 2.31. The molecule has 1 aliphatic heterocycles. The van der Waals surface area contributed by atoms with Crippen molar-refractivity contribution in [3.05, 3.63) is 12.7 Å². The summed E-state index contributed by atoms with van der Waals surface area (Å²) in [5.41, 5.74) is 7.19. The van der Waals surface area contributed by atoms with Crippen molar-refractivity contribution in [1.29, 1.82) is 0 Å². The smallest absolute Gasteiger partial charge is 0.315 e. The highest BCUT2D eigenvalue weighted by molar-refractivity contribution is 5.81. The van der Waals surface area contributed by atoms with Crippen molar-refractivity contribution in [3.63, 3.8) is 0 Å². The molecule has 152 valence electrons. The lowest BCUT2D eigenvalue weighted by Gasteiger charge is -2.21. The van der Waals surface area contributed by atoms with Gasteiger partial charge in [-0.15, -0.1) is 0 Å². The van der Waals surface area contributed by atoms with Crippen molar-refractivity contribution < 1.29 is 9.53 Å². The Balaban J connectivity index is 1.19. The second kappa shape index (κ2) is 8.27. The molecule has 2 unspecified atom stereocenters. The number of amides is 2. The third kappa shape index (κ3) is 4.50. The number of carbonyl (C=O) groups excluding carboxylic acids is 1. The normalized spacial score (nSPS) is 22.1. The van der Waals surface area contributed by atoms with Crippen LogP contribution < -0.4 is 16.4 Å². The second-order valence-corrected chi connectivity index (χ2v) is 7.66. The van der Waals surface area contributed by atoms with Crippen molar-refractivity contribution in [2.45, 2.75) is 50.5 Å². The topological polar surface area (TPSA) is 123 Å². The molecule has 2 fully saturated rings. The summed E-state index contributed by atoms with van der Waals surface area (Å²) in [7, 11) is 2.08. The number of ether oxygens (including phenoxy) is 1. The zero-order valence-corrected chi connectivity index (χ0v) is 16.2. The fourth-order valence-corrected chi connectivity index (χ4v) is 3.56. The maximum absolute atomic E-state index is 11.6. The fourth-order valence-electron chi connectivity index (χ4n) is 3.56. The van der Waals surface area contributed by atoms with Crippen LogP contribution in [0.3, 0.4) is 0 Å². The number of likely N-dealkylation sites (N-methyl/N-ethyl adjacent to an activating group) is 1. The third-order valence-corrected chi connectivity index (χ3v) is 5.21. The van der Waals surface area contributed by atoms with E-state index in [0.29, 0.717) is 29.6 Å². The molecule has 2 aliphatic rings. The molecular formula is C18H28N8O2. The van der Waals surface area contributed by atoms with E-state index in [1.54, 1.807) is 6.33 Å². The minimum absolute atomic E-state index is 0.0517. The fraction of sp³-hybridized carbons (Fsp3) is 0.667. The van der Waals surface area contributed by atoms with Crippen molar-refractivity contribution in [2.24, 2.45) is 0 Å². The van der Waals surface area contributed by atoms with Crippen molar-refractivity contribution >= 4 is 23.0 Å². The Labute approximate surface area is 163 Å². The first kappa shape index (κ1) is 18.9. The molecule has 0 spiro atoms. The summed E-state index contributed by atoms with van der Waals surface area (Å²) >= 11 is 0. The Morgan fingerprint density at radius 3 is 3.00 bits per heavy atom. The predicted octanol–water partition coefficient (Wildman–Crippen LogP) is 0.870. The van der Waals surface area contributed by atoms with Crippen molar-refractivity contribution in [1.82, 2.24) is 35.1 Å². The highest BCUT2D eigenvalue weighted by Gasteiger charge is 2.29. The lowest BCUT2D eigenvalue weighted by Crippen LogP contribution is -2.38. The van der Waals surface area contributed by atoms with Gasteiger partial charge in [-0.2, -0.15) is 0 Å². The van der Waals surface area contributed by atoms with E-state index in [-0.39, 0.29) is 18.4 Å². The van der Waals surface area contributed by atoms with Crippen LogP contribution in [0.4, 0.5) is 10.6 Å². The van der Waals surface area contributed by atoms with Crippen LogP contribution in [0.25, 0.3) is 11.2 Å². The van der Waals surface area contributed by atoms with Crippen LogP contribution in [0.1, 0.15) is 38.3 Å². The number of hydrogen-bond acceptors (Lipinski definition) is 7. The minimum atomic E-state index is -0.0783. The average molecular weight is 388 g/mol. The van der Waals surface area contributed by atoms with Gasteiger partial charge in [0.05, 0.1) is 12.4 Å². The Hall–Kier alpha value is -2.46. The number of rotatable bonds is 8. The van der Waals surface area contributed by atoms with Gasteiger partial charge in [0.25, 0.3) is 0 Å². The van der Waals surface area contributed by atoms with Gasteiger partial charge in [-0.3, -0.25) is 4.57 Å². The van der Waals surface area contributed by atoms with Gasteiger partial charge in [0.2, 0.25) is 0 Å². The number of urea groups is 1. The summed E-state index contributed by atoms with van der Waals surface area (Å²) in [5, 5.41) is 5.84. The molecule has 4 rings (SSSR count). The summed E-state index contributed by atoms with van der Waals surface area (Å²) in [5.74, 6) is 0.387. The number of carbonyl (C=O) groups is 1. The Kier molecular flexibility index (Phi) is 5.58. The summed E-state index contributed by atoms with van der Waals surface area (Å²) < 4.78 is 8.16. The quantitative estimate of drug-likeness (QED) is 0.573. The van der Waals surface area contributed by atoms with Crippen LogP contribution in [0.2, 0.25) is 0 Å². The maximum Gasteiger partial charge on any atom is 0.315 e. The predicted molar refractivity (Wildman–Crippen MR) is 105 cm³/mol. The van der Waals surface area contributed by atoms with E-state index in [2.05, 4.69) is 37.5 Å². The van der Waals surface area contributed by atoms with Gasteiger partial charge < -0.3 is 26.0 Å². The van der Waals surface area contributed by atoms with Gasteiger partial charge >= 0.3 is 6.03 Å². The number of anilines is 1. The zero-order chi connectivity index (χ0) is 19.5. The Morgan fingerprint density at radius 1 is 1.32 bits per heavy atom. The van der Waals surface area contributed by atoms with Gasteiger partial charge in [-0.1, -0.05) is 0 Å². The average Bonchev–Trinajstić information content (AvgIpc) is 3.17. The van der Waals surface area contributed by atoms with Crippen molar-refractivity contribution in [2.75, 3.05) is 32.4 Å². The molecule has 1 aliphatic carbocycles. The monoisotopic (exact) mass is 388 g/mol. The summed E-state index contributed by atoms with van der Waals surface area (Å²) in [6, 6.07) is 0.342. The first-order chi connectivity index (χ1) is 13.6. The number of hydrogen-bond donors (Lipinski definition) is 3. The number of fused-ring (bicyclic) bond motifs is 1. The van der Waals surface area contributed by atoms with Gasteiger partial charge in [-0.05, 0) is 45.7 Å². The van der Waals surface area contributed by atoms with E-state index in [4.69, 9.17) is 10.5 Å². The van der Waals surface area contributed by atoms with Gasteiger partial charge in [0.15, 0.2) is 11.5 Å². The molecular weight excluding hydrogens is 360 g/mol. The second-order valence-electron chi connectivity index (χ2n) is 7.66. The molecule has 0 bridgehead atoms. The molecule has 1 saturated carbocycles. The molecule has 10 heteroatoms. The molecule has 28 heavy (non-hydrogen) atoms. The van der Waals surface area contributed by atoms with Gasteiger partial charge in [0, 0.05) is 19.1 Å². The van der Waals surface area contributed by atoms with E-state index in [9.17, 15) is 4.79 Å². The lowest BCUT2D eigenvalue weighted by molar-refractivity contribution is -0.00849. The van der Waals surface area contributed by atoms with Crippen LogP contribution in [-0.2, 0) is 4.74 Å². The molecule has 0 aromatic carbocycles. The van der Waals surface area contributed by atoms with E-state index < -0.39 is 0 Å². The third-order valence-electron chi connectivity index (χ3n) is 5.21. The first-order valence-electron chi connectivity index (χ1n) is 9.91. The van der Waals surface area contributed by atoms with Crippen LogP contribution in [0.15, 0.2) is 12.7 Å². The molecule has 3 heterocycles. The molecule has 2 aromatic rings.